The maximum absolute atomic E-state index is 12.7. The van der Waals surface area contributed by atoms with E-state index in [2.05, 4.69) is 9.55 Å². The van der Waals surface area contributed by atoms with Crippen LogP contribution in [0.4, 0.5) is 0 Å². The molecule has 0 spiro atoms. The monoisotopic (exact) mass is 311 g/mol. The maximum atomic E-state index is 12.7. The number of hydrogen-bond donors (Lipinski definition) is 0. The van der Waals surface area contributed by atoms with Crippen LogP contribution in [0.2, 0.25) is 0 Å². The summed E-state index contributed by atoms with van der Waals surface area (Å²) in [7, 11) is 2.03. The maximum Gasteiger partial charge on any atom is 0.263 e. The normalized spacial score (nSPS) is 21.1. The van der Waals surface area contributed by atoms with E-state index < -0.39 is 0 Å². The van der Waals surface area contributed by atoms with Crippen molar-refractivity contribution in [1.29, 1.82) is 0 Å². The number of likely N-dealkylation sites (tertiary alicyclic amines) is 1. The standard InChI is InChI=1S/C18H21N3O2/c1-20-11-8-19-17(20)13-6-9-21(10-7-13)18(22)16-12-14-4-2-3-5-15(14)23-16/h2-5,8,11,13,16H,6-7,9-10,12H2,1H3/t16-/m1/s1. The summed E-state index contributed by atoms with van der Waals surface area (Å²) in [5.74, 6) is 2.55. The number of imidazole rings is 1. The molecule has 1 fully saturated rings. The zero-order chi connectivity index (χ0) is 15.8. The molecule has 23 heavy (non-hydrogen) atoms. The highest BCUT2D eigenvalue weighted by Gasteiger charge is 2.34. The van der Waals surface area contributed by atoms with Crippen molar-refractivity contribution in [1.82, 2.24) is 14.5 Å². The lowest BCUT2D eigenvalue weighted by molar-refractivity contribution is -0.139. The van der Waals surface area contributed by atoms with Crippen molar-refractivity contribution in [2.45, 2.75) is 31.3 Å². The molecule has 0 unspecified atom stereocenters. The highest BCUT2D eigenvalue weighted by molar-refractivity contribution is 5.82. The Labute approximate surface area is 135 Å². The summed E-state index contributed by atoms with van der Waals surface area (Å²) in [6.07, 6.45) is 6.10. The number of para-hydroxylation sites is 1. The molecule has 1 atom stereocenters. The third kappa shape index (κ3) is 2.60. The van der Waals surface area contributed by atoms with E-state index in [0.29, 0.717) is 12.3 Å². The summed E-state index contributed by atoms with van der Waals surface area (Å²) in [6.45, 7) is 1.57. The fraction of sp³-hybridized carbons (Fsp3) is 0.444. The number of amides is 1. The molecule has 120 valence electrons. The summed E-state index contributed by atoms with van der Waals surface area (Å²) < 4.78 is 7.91. The van der Waals surface area contributed by atoms with E-state index >= 15 is 0 Å². The van der Waals surface area contributed by atoms with Crippen LogP contribution in [0.3, 0.4) is 0 Å². The van der Waals surface area contributed by atoms with Gasteiger partial charge in [-0.1, -0.05) is 18.2 Å². The van der Waals surface area contributed by atoms with E-state index in [1.54, 1.807) is 0 Å². The van der Waals surface area contributed by atoms with Gasteiger partial charge in [-0.15, -0.1) is 0 Å². The van der Waals surface area contributed by atoms with Crippen molar-refractivity contribution >= 4 is 5.91 Å². The van der Waals surface area contributed by atoms with Crippen LogP contribution in [-0.4, -0.2) is 39.6 Å². The molecular weight excluding hydrogens is 290 g/mol. The van der Waals surface area contributed by atoms with Gasteiger partial charge >= 0.3 is 0 Å². The van der Waals surface area contributed by atoms with E-state index in [9.17, 15) is 4.79 Å². The van der Waals surface area contributed by atoms with Gasteiger partial charge < -0.3 is 14.2 Å². The average molecular weight is 311 g/mol. The minimum absolute atomic E-state index is 0.125. The van der Waals surface area contributed by atoms with E-state index in [4.69, 9.17) is 4.74 Å². The Morgan fingerprint density at radius 1 is 1.26 bits per heavy atom. The van der Waals surface area contributed by atoms with Gasteiger partial charge in [0.2, 0.25) is 0 Å². The zero-order valence-corrected chi connectivity index (χ0v) is 13.3. The molecule has 2 aliphatic rings. The number of piperidine rings is 1. The van der Waals surface area contributed by atoms with Crippen LogP contribution < -0.4 is 4.74 Å². The van der Waals surface area contributed by atoms with Gasteiger partial charge in [0.1, 0.15) is 11.6 Å². The number of rotatable bonds is 2. The van der Waals surface area contributed by atoms with E-state index in [0.717, 1.165) is 43.1 Å². The molecule has 0 radical (unpaired) electrons. The molecule has 5 nitrogen and oxygen atoms in total. The summed E-state index contributed by atoms with van der Waals surface area (Å²) in [6, 6.07) is 7.92. The molecule has 0 aliphatic carbocycles. The Bertz CT molecular complexity index is 692. The lowest BCUT2D eigenvalue weighted by Crippen LogP contribution is -2.45. The van der Waals surface area contributed by atoms with Crippen molar-refractivity contribution < 1.29 is 9.53 Å². The number of carbonyl (C=O) groups is 1. The van der Waals surface area contributed by atoms with Crippen LogP contribution in [0, 0.1) is 0 Å². The summed E-state index contributed by atoms with van der Waals surface area (Å²) in [5.41, 5.74) is 1.13. The van der Waals surface area contributed by atoms with Crippen LogP contribution in [0.1, 0.15) is 30.1 Å². The number of nitrogens with zero attached hydrogens (tertiary/aromatic N) is 3. The number of ether oxygens (including phenoxy) is 1. The first kappa shape index (κ1) is 14.3. The third-order valence-electron chi connectivity index (χ3n) is 4.95. The second kappa shape index (κ2) is 5.72. The first-order chi connectivity index (χ1) is 11.2. The van der Waals surface area contributed by atoms with Crippen LogP contribution >= 0.6 is 0 Å². The molecule has 2 aliphatic heterocycles. The molecule has 2 aromatic rings. The molecule has 0 saturated carbocycles. The molecule has 5 heteroatoms. The van der Waals surface area contributed by atoms with Crippen molar-refractivity contribution in [3.63, 3.8) is 0 Å². The summed E-state index contributed by atoms with van der Waals surface area (Å²) >= 11 is 0. The summed E-state index contributed by atoms with van der Waals surface area (Å²) in [4.78, 5) is 19.1. The number of aryl methyl sites for hydroxylation is 1. The number of carbonyl (C=O) groups excluding carboxylic acids is 1. The molecule has 0 bridgehead atoms. The van der Waals surface area contributed by atoms with Crippen molar-refractivity contribution in [2.75, 3.05) is 13.1 Å². The van der Waals surface area contributed by atoms with Gasteiger partial charge in [0.25, 0.3) is 5.91 Å². The fourth-order valence-electron chi connectivity index (χ4n) is 3.65. The minimum atomic E-state index is -0.350. The van der Waals surface area contributed by atoms with Crippen LogP contribution in [-0.2, 0) is 18.3 Å². The molecule has 4 rings (SSSR count). The molecule has 1 saturated heterocycles. The largest absolute Gasteiger partial charge is 0.480 e. The van der Waals surface area contributed by atoms with Crippen molar-refractivity contribution in [3.8, 4) is 5.75 Å². The van der Waals surface area contributed by atoms with Gasteiger partial charge in [0.15, 0.2) is 6.10 Å². The first-order valence-corrected chi connectivity index (χ1v) is 8.23. The lowest BCUT2D eigenvalue weighted by atomic mass is 9.95. The number of hydrogen-bond acceptors (Lipinski definition) is 3. The topological polar surface area (TPSA) is 47.4 Å². The van der Waals surface area contributed by atoms with E-state index in [-0.39, 0.29) is 12.0 Å². The van der Waals surface area contributed by atoms with Crippen molar-refractivity contribution in [2.24, 2.45) is 7.05 Å². The Kier molecular flexibility index (Phi) is 3.56. The molecule has 1 amide bonds. The number of fused-ring (bicyclic) bond motifs is 1. The zero-order valence-electron chi connectivity index (χ0n) is 13.3. The van der Waals surface area contributed by atoms with Crippen LogP contribution in [0.15, 0.2) is 36.7 Å². The average Bonchev–Trinajstić information content (AvgIpc) is 3.20. The number of aromatic nitrogens is 2. The molecule has 1 aromatic carbocycles. The molecule has 0 N–H and O–H groups in total. The highest BCUT2D eigenvalue weighted by Crippen LogP contribution is 2.31. The predicted molar refractivity (Wildman–Crippen MR) is 86.3 cm³/mol. The fourth-order valence-corrected chi connectivity index (χ4v) is 3.65. The Balaban J connectivity index is 1.38. The van der Waals surface area contributed by atoms with E-state index in [1.807, 2.05) is 48.6 Å². The smallest absolute Gasteiger partial charge is 0.263 e. The first-order valence-electron chi connectivity index (χ1n) is 8.23. The van der Waals surface area contributed by atoms with Gasteiger partial charge in [0, 0.05) is 44.9 Å². The highest BCUT2D eigenvalue weighted by atomic mass is 16.5. The summed E-state index contributed by atoms with van der Waals surface area (Å²) in [5, 5.41) is 0. The van der Waals surface area contributed by atoms with Gasteiger partial charge in [0.05, 0.1) is 0 Å². The predicted octanol–water partition coefficient (Wildman–Crippen LogP) is 2.13. The lowest BCUT2D eigenvalue weighted by Gasteiger charge is -2.33. The third-order valence-corrected chi connectivity index (χ3v) is 4.95. The van der Waals surface area contributed by atoms with Gasteiger partial charge in [-0.05, 0) is 24.5 Å². The number of benzene rings is 1. The Morgan fingerprint density at radius 2 is 2.04 bits per heavy atom. The second-order valence-corrected chi connectivity index (χ2v) is 6.41. The minimum Gasteiger partial charge on any atom is -0.480 e. The Hall–Kier alpha value is -2.30. The van der Waals surface area contributed by atoms with Crippen LogP contribution in [0.5, 0.6) is 5.75 Å². The van der Waals surface area contributed by atoms with Crippen molar-refractivity contribution in [3.05, 3.63) is 48.0 Å². The molecule has 3 heterocycles. The van der Waals surface area contributed by atoms with Gasteiger partial charge in [-0.3, -0.25) is 4.79 Å². The molecule has 1 aromatic heterocycles. The second-order valence-electron chi connectivity index (χ2n) is 6.41. The van der Waals surface area contributed by atoms with Crippen LogP contribution in [0.25, 0.3) is 0 Å². The van der Waals surface area contributed by atoms with Gasteiger partial charge in [-0.2, -0.15) is 0 Å². The quantitative estimate of drug-likeness (QED) is 0.853. The Morgan fingerprint density at radius 3 is 2.74 bits per heavy atom. The van der Waals surface area contributed by atoms with E-state index in [1.165, 1.54) is 0 Å². The SMILES string of the molecule is Cn1ccnc1C1CCN(C(=O)[C@H]2Cc3ccccc3O2)CC1. The molecular formula is C18H21N3O2. The van der Waals surface area contributed by atoms with Gasteiger partial charge in [-0.25, -0.2) is 4.98 Å².